The van der Waals surface area contributed by atoms with Gasteiger partial charge in [-0.15, -0.1) is 0 Å². The Labute approximate surface area is 209 Å². The third kappa shape index (κ3) is 11.5. The van der Waals surface area contributed by atoms with Crippen molar-refractivity contribution in [2.45, 2.75) is 56.3 Å². The van der Waals surface area contributed by atoms with Crippen LogP contribution >= 0.6 is 11.8 Å². The summed E-state index contributed by atoms with van der Waals surface area (Å²) in [5.74, 6) is -2.61. The largest absolute Gasteiger partial charge is 0.480 e. The summed E-state index contributed by atoms with van der Waals surface area (Å²) in [6, 6.07) is 4.39. The lowest BCUT2D eigenvalue weighted by Crippen LogP contribution is -2.58. The zero-order chi connectivity index (χ0) is 26.2. The highest BCUT2D eigenvalue weighted by Crippen LogP contribution is 2.07. The molecule has 0 fully saturated rings. The fourth-order valence-electron chi connectivity index (χ4n) is 3.20. The van der Waals surface area contributed by atoms with E-state index in [2.05, 4.69) is 16.0 Å². The molecule has 0 aliphatic heterocycles. The third-order valence-electron chi connectivity index (χ3n) is 5.26. The second-order valence-electron chi connectivity index (χ2n) is 8.07. The number of carbonyl (C=O) groups excluding carboxylic acids is 3. The highest BCUT2D eigenvalue weighted by molar-refractivity contribution is 7.98. The number of benzene rings is 1. The molecule has 1 aromatic rings. The minimum absolute atomic E-state index is 0.0641. The number of hydrogen-bond donors (Lipinski definition) is 7. The molecule has 0 spiro atoms. The van der Waals surface area contributed by atoms with Gasteiger partial charge in [-0.05, 0) is 49.8 Å². The van der Waals surface area contributed by atoms with Crippen LogP contribution in [0.3, 0.4) is 0 Å². The molecule has 35 heavy (non-hydrogen) atoms. The Morgan fingerprint density at radius 1 is 0.914 bits per heavy atom. The van der Waals surface area contributed by atoms with Gasteiger partial charge in [0.2, 0.25) is 17.7 Å². The molecule has 11 nitrogen and oxygen atoms in total. The van der Waals surface area contributed by atoms with E-state index in [4.69, 9.17) is 11.5 Å². The molecule has 4 atom stereocenters. The van der Waals surface area contributed by atoms with Gasteiger partial charge in [0.05, 0.1) is 12.6 Å². The van der Waals surface area contributed by atoms with E-state index < -0.39 is 54.5 Å². The summed E-state index contributed by atoms with van der Waals surface area (Å²) in [5, 5.41) is 26.6. The van der Waals surface area contributed by atoms with Crippen LogP contribution in [-0.2, 0) is 25.6 Å². The van der Waals surface area contributed by atoms with Crippen molar-refractivity contribution in [1.82, 2.24) is 16.0 Å². The first-order chi connectivity index (χ1) is 16.7. The van der Waals surface area contributed by atoms with Gasteiger partial charge < -0.3 is 37.6 Å². The SMILES string of the molecule is CSCCC(N)C(=O)NC(CO)C(=O)NC(CCCCN)C(=O)NC(Cc1ccccc1)C(=O)O. The van der Waals surface area contributed by atoms with E-state index >= 15 is 0 Å². The zero-order valence-corrected chi connectivity index (χ0v) is 20.8. The van der Waals surface area contributed by atoms with Crippen molar-refractivity contribution >= 4 is 35.5 Å². The number of aliphatic hydroxyl groups excluding tert-OH is 1. The zero-order valence-electron chi connectivity index (χ0n) is 19.9. The Balaban J connectivity index is 2.87. The molecule has 1 aromatic carbocycles. The first-order valence-electron chi connectivity index (χ1n) is 11.5. The lowest BCUT2D eigenvalue weighted by Gasteiger charge is -2.24. The number of thioether (sulfide) groups is 1. The number of hydrogen-bond acceptors (Lipinski definition) is 8. The normalized spacial score (nSPS) is 14.3. The number of aliphatic hydroxyl groups is 1. The number of carbonyl (C=O) groups is 4. The molecule has 0 aliphatic carbocycles. The molecule has 12 heteroatoms. The Morgan fingerprint density at radius 2 is 1.51 bits per heavy atom. The Morgan fingerprint density at radius 3 is 2.09 bits per heavy atom. The number of rotatable bonds is 17. The van der Waals surface area contributed by atoms with E-state index in [0.717, 1.165) is 5.56 Å². The van der Waals surface area contributed by atoms with Crippen molar-refractivity contribution in [3.8, 4) is 0 Å². The van der Waals surface area contributed by atoms with Gasteiger partial charge in [-0.1, -0.05) is 30.3 Å². The molecule has 0 saturated carbocycles. The molecule has 9 N–H and O–H groups in total. The Hall–Kier alpha value is -2.67. The summed E-state index contributed by atoms with van der Waals surface area (Å²) < 4.78 is 0. The molecule has 196 valence electrons. The fourth-order valence-corrected chi connectivity index (χ4v) is 3.69. The maximum atomic E-state index is 12.9. The average Bonchev–Trinajstić information content (AvgIpc) is 2.84. The molecule has 0 aromatic heterocycles. The van der Waals surface area contributed by atoms with Crippen LogP contribution in [0.1, 0.15) is 31.2 Å². The fraction of sp³-hybridized carbons (Fsp3) is 0.565. The summed E-state index contributed by atoms with van der Waals surface area (Å²) in [6.45, 7) is -0.312. The van der Waals surface area contributed by atoms with Gasteiger partial charge in [-0.2, -0.15) is 11.8 Å². The lowest BCUT2D eigenvalue weighted by molar-refractivity contribution is -0.142. The first kappa shape index (κ1) is 30.4. The van der Waals surface area contributed by atoms with E-state index in [9.17, 15) is 29.4 Å². The number of aliphatic carboxylic acids is 1. The Bertz CT molecular complexity index is 813. The molecule has 0 saturated heterocycles. The quantitative estimate of drug-likeness (QED) is 0.128. The molecule has 0 aliphatic rings. The van der Waals surface area contributed by atoms with Crippen LogP contribution in [0.25, 0.3) is 0 Å². The first-order valence-corrected chi connectivity index (χ1v) is 12.9. The van der Waals surface area contributed by atoms with Crippen molar-refractivity contribution in [3.63, 3.8) is 0 Å². The smallest absolute Gasteiger partial charge is 0.326 e. The number of amides is 3. The van der Waals surface area contributed by atoms with E-state index in [0.29, 0.717) is 31.6 Å². The lowest BCUT2D eigenvalue weighted by atomic mass is 10.0. The maximum absolute atomic E-state index is 12.9. The molecule has 3 amide bonds. The molecule has 0 radical (unpaired) electrons. The second-order valence-corrected chi connectivity index (χ2v) is 9.05. The van der Waals surface area contributed by atoms with Gasteiger partial charge in [-0.3, -0.25) is 14.4 Å². The van der Waals surface area contributed by atoms with Crippen LogP contribution in [-0.4, -0.2) is 83.2 Å². The minimum atomic E-state index is -1.31. The minimum Gasteiger partial charge on any atom is -0.480 e. The summed E-state index contributed by atoms with van der Waals surface area (Å²) in [6.07, 6.45) is 3.63. The molecule has 1 rings (SSSR count). The molecular weight excluding hydrogens is 474 g/mol. The van der Waals surface area contributed by atoms with Crippen LogP contribution < -0.4 is 27.4 Å². The van der Waals surface area contributed by atoms with Gasteiger partial charge in [-0.25, -0.2) is 4.79 Å². The highest BCUT2D eigenvalue weighted by Gasteiger charge is 2.30. The maximum Gasteiger partial charge on any atom is 0.326 e. The topological polar surface area (TPSA) is 197 Å². The van der Waals surface area contributed by atoms with E-state index in [1.807, 2.05) is 6.26 Å². The van der Waals surface area contributed by atoms with Crippen molar-refractivity contribution in [2.75, 3.05) is 25.2 Å². The number of nitrogens with one attached hydrogen (secondary N) is 3. The van der Waals surface area contributed by atoms with Crippen molar-refractivity contribution in [2.24, 2.45) is 11.5 Å². The van der Waals surface area contributed by atoms with Gasteiger partial charge in [0.1, 0.15) is 18.1 Å². The number of unbranched alkanes of at least 4 members (excludes halogenated alkanes) is 1. The van der Waals surface area contributed by atoms with Crippen LogP contribution in [0, 0.1) is 0 Å². The van der Waals surface area contributed by atoms with Gasteiger partial charge in [0.15, 0.2) is 0 Å². The predicted octanol–water partition coefficient (Wildman–Crippen LogP) is -1.03. The molecule has 0 heterocycles. The van der Waals surface area contributed by atoms with Crippen LogP contribution in [0.15, 0.2) is 30.3 Å². The monoisotopic (exact) mass is 511 g/mol. The molecule has 4 unspecified atom stereocenters. The highest BCUT2D eigenvalue weighted by atomic mass is 32.2. The van der Waals surface area contributed by atoms with Crippen LogP contribution in [0.4, 0.5) is 0 Å². The van der Waals surface area contributed by atoms with Crippen LogP contribution in [0.2, 0.25) is 0 Å². The summed E-state index contributed by atoms with van der Waals surface area (Å²) in [7, 11) is 0. The number of carboxylic acid groups (broad SMARTS) is 1. The number of carboxylic acids is 1. The Kier molecular flexibility index (Phi) is 14.6. The van der Waals surface area contributed by atoms with E-state index in [-0.39, 0.29) is 12.8 Å². The standard InChI is InChI=1S/C23H37N5O6S/c1-35-12-10-16(25)20(30)28-19(14-29)22(32)26-17(9-5-6-11-24)21(31)27-18(23(33)34)13-15-7-3-2-4-8-15/h2-4,7-8,16-19,29H,5-6,9-14,24-25H2,1H3,(H,26,32)(H,27,31)(H,28,30)(H,33,34). The second kappa shape index (κ2) is 16.9. The summed E-state index contributed by atoms with van der Waals surface area (Å²) in [4.78, 5) is 49.7. The van der Waals surface area contributed by atoms with Crippen molar-refractivity contribution < 1.29 is 29.4 Å². The van der Waals surface area contributed by atoms with Crippen molar-refractivity contribution in [1.29, 1.82) is 0 Å². The van der Waals surface area contributed by atoms with Gasteiger partial charge in [0.25, 0.3) is 0 Å². The van der Waals surface area contributed by atoms with E-state index in [1.165, 1.54) is 11.8 Å². The molecule has 0 bridgehead atoms. The predicted molar refractivity (Wildman–Crippen MR) is 135 cm³/mol. The summed E-state index contributed by atoms with van der Waals surface area (Å²) in [5.41, 5.74) is 12.1. The van der Waals surface area contributed by atoms with Crippen molar-refractivity contribution in [3.05, 3.63) is 35.9 Å². The van der Waals surface area contributed by atoms with Crippen LogP contribution in [0.5, 0.6) is 0 Å². The average molecular weight is 512 g/mol. The van der Waals surface area contributed by atoms with Gasteiger partial charge in [0, 0.05) is 6.42 Å². The van der Waals surface area contributed by atoms with E-state index in [1.54, 1.807) is 30.3 Å². The number of nitrogens with two attached hydrogens (primary N) is 2. The molecular formula is C23H37N5O6S. The third-order valence-corrected chi connectivity index (χ3v) is 5.91. The van der Waals surface area contributed by atoms with Gasteiger partial charge >= 0.3 is 5.97 Å². The summed E-state index contributed by atoms with van der Waals surface area (Å²) >= 11 is 1.52.